The third kappa shape index (κ3) is 5.96. The van der Waals surface area contributed by atoms with Gasteiger partial charge in [-0.25, -0.2) is 0 Å². The molecule has 162 valence electrons. The molecule has 0 radical (unpaired) electrons. The van der Waals surface area contributed by atoms with E-state index in [-0.39, 0.29) is 17.7 Å². The van der Waals surface area contributed by atoms with Crippen molar-refractivity contribution in [3.8, 4) is 5.75 Å². The van der Waals surface area contributed by atoms with E-state index in [1.807, 2.05) is 38.1 Å². The summed E-state index contributed by atoms with van der Waals surface area (Å²) in [5.41, 5.74) is 12.7. The number of nitrogens with one attached hydrogen (secondary N) is 1. The zero-order valence-corrected chi connectivity index (χ0v) is 18.6. The first kappa shape index (κ1) is 22.6. The lowest BCUT2D eigenvalue weighted by molar-refractivity contribution is -0.123. The molecule has 0 saturated carbocycles. The van der Waals surface area contributed by atoms with Gasteiger partial charge in [0.25, 0.3) is 0 Å². The Morgan fingerprint density at radius 2 is 1.61 bits per heavy atom. The summed E-state index contributed by atoms with van der Waals surface area (Å²) in [5, 5.41) is 12.9. The minimum absolute atomic E-state index is 0.0868. The van der Waals surface area contributed by atoms with Gasteiger partial charge in [0.15, 0.2) is 0 Å². The largest absolute Gasteiger partial charge is 0.508 e. The van der Waals surface area contributed by atoms with E-state index in [1.54, 1.807) is 12.1 Å². The fraction of sp³-hybridized carbons (Fsp3) is 0.296. The molecule has 0 heterocycles. The molecule has 31 heavy (non-hydrogen) atoms. The van der Waals surface area contributed by atoms with Crippen molar-refractivity contribution < 1.29 is 9.90 Å². The van der Waals surface area contributed by atoms with Crippen LogP contribution in [-0.4, -0.2) is 17.1 Å². The maximum atomic E-state index is 12.9. The summed E-state index contributed by atoms with van der Waals surface area (Å²) in [6, 6.07) is 21.4. The van der Waals surface area contributed by atoms with Crippen LogP contribution in [0.5, 0.6) is 5.75 Å². The Labute approximate surface area is 185 Å². The van der Waals surface area contributed by atoms with Crippen molar-refractivity contribution in [1.82, 2.24) is 5.32 Å². The van der Waals surface area contributed by atoms with Crippen molar-refractivity contribution in [2.24, 2.45) is 5.73 Å². The van der Waals surface area contributed by atoms with Crippen LogP contribution in [0.15, 0.2) is 66.7 Å². The van der Waals surface area contributed by atoms with Gasteiger partial charge in [-0.2, -0.15) is 0 Å². The molecule has 3 aromatic carbocycles. The number of carbonyl (C=O) groups excluding carboxylic acids is 1. The predicted octanol–water partition coefficient (Wildman–Crippen LogP) is 4.74. The van der Waals surface area contributed by atoms with Crippen LogP contribution < -0.4 is 11.1 Å². The molecule has 0 spiro atoms. The van der Waals surface area contributed by atoms with Crippen LogP contribution in [0.4, 0.5) is 0 Å². The van der Waals surface area contributed by atoms with Gasteiger partial charge in [0.1, 0.15) is 5.75 Å². The van der Waals surface area contributed by atoms with Crippen LogP contribution >= 0.6 is 0 Å². The third-order valence-corrected chi connectivity index (χ3v) is 5.77. The van der Waals surface area contributed by atoms with Gasteiger partial charge in [0.2, 0.25) is 5.91 Å². The molecule has 3 rings (SSSR count). The first-order chi connectivity index (χ1) is 14.9. The zero-order chi connectivity index (χ0) is 22.4. The Morgan fingerprint density at radius 3 is 2.26 bits per heavy atom. The Balaban J connectivity index is 1.69. The van der Waals surface area contributed by atoms with Gasteiger partial charge in [-0.3, -0.25) is 4.79 Å². The summed E-state index contributed by atoms with van der Waals surface area (Å²) in [4.78, 5) is 12.9. The predicted molar refractivity (Wildman–Crippen MR) is 126 cm³/mol. The van der Waals surface area contributed by atoms with Crippen molar-refractivity contribution in [1.29, 1.82) is 0 Å². The van der Waals surface area contributed by atoms with Gasteiger partial charge in [-0.15, -0.1) is 0 Å². The number of amides is 1. The highest BCUT2D eigenvalue weighted by molar-refractivity contribution is 5.82. The van der Waals surface area contributed by atoms with Crippen molar-refractivity contribution >= 4 is 5.91 Å². The van der Waals surface area contributed by atoms with Gasteiger partial charge in [-0.1, -0.05) is 61.5 Å². The van der Waals surface area contributed by atoms with E-state index in [9.17, 15) is 9.90 Å². The Bertz CT molecular complexity index is 1010. The van der Waals surface area contributed by atoms with Gasteiger partial charge in [-0.05, 0) is 78.6 Å². The molecule has 0 aromatic heterocycles. The fourth-order valence-electron chi connectivity index (χ4n) is 4.06. The molecule has 0 aliphatic rings. The second kappa shape index (κ2) is 10.3. The number of hydrogen-bond acceptors (Lipinski definition) is 3. The summed E-state index contributed by atoms with van der Waals surface area (Å²) in [6.45, 7) is 5.92. The smallest absolute Gasteiger partial charge is 0.237 e. The average Bonchev–Trinajstić information content (AvgIpc) is 2.75. The van der Waals surface area contributed by atoms with Crippen LogP contribution in [-0.2, 0) is 17.6 Å². The minimum atomic E-state index is -0.650. The quantitative estimate of drug-likeness (QED) is 0.497. The zero-order valence-electron chi connectivity index (χ0n) is 18.6. The fourth-order valence-corrected chi connectivity index (χ4v) is 4.06. The standard InChI is InChI=1S/C27H32N2O2/c1-4-26(22-12-8-11-21(16-22)15-20-9-6-5-7-10-20)29-27(31)25(28)17-24-18(2)13-23(30)14-19(24)3/h5-14,16,25-26,30H,4,15,17,28H2,1-3H3,(H,29,31)/t25-,26+/m0/s1. The number of phenolic OH excluding ortho intramolecular Hbond substituents is 1. The molecule has 4 nitrogen and oxygen atoms in total. The van der Waals surface area contributed by atoms with Crippen LogP contribution in [0.2, 0.25) is 0 Å². The van der Waals surface area contributed by atoms with Crippen LogP contribution in [0.25, 0.3) is 0 Å². The number of nitrogens with two attached hydrogens (primary N) is 1. The van der Waals surface area contributed by atoms with E-state index in [0.29, 0.717) is 6.42 Å². The Morgan fingerprint density at radius 1 is 0.968 bits per heavy atom. The number of aryl methyl sites for hydroxylation is 2. The highest BCUT2D eigenvalue weighted by atomic mass is 16.3. The molecule has 0 unspecified atom stereocenters. The molecule has 0 aliphatic heterocycles. The lowest BCUT2D eigenvalue weighted by Gasteiger charge is -2.22. The number of carbonyl (C=O) groups is 1. The van der Waals surface area contributed by atoms with Crippen molar-refractivity contribution in [3.63, 3.8) is 0 Å². The molecule has 1 amide bonds. The molecule has 2 atom stereocenters. The SMILES string of the molecule is CC[C@@H](NC(=O)[C@@H](N)Cc1c(C)cc(O)cc1C)c1cccc(Cc2ccccc2)c1. The number of phenols is 1. The first-order valence-corrected chi connectivity index (χ1v) is 10.8. The van der Waals surface area contributed by atoms with Gasteiger partial charge in [0, 0.05) is 0 Å². The molecule has 3 aromatic rings. The molecule has 0 aliphatic carbocycles. The highest BCUT2D eigenvalue weighted by Gasteiger charge is 2.20. The number of hydrogen-bond donors (Lipinski definition) is 3. The van der Waals surface area contributed by atoms with Crippen LogP contribution in [0.3, 0.4) is 0 Å². The number of benzene rings is 3. The summed E-state index contributed by atoms with van der Waals surface area (Å²) in [6.07, 6.45) is 2.08. The van der Waals surface area contributed by atoms with Gasteiger partial charge >= 0.3 is 0 Å². The third-order valence-electron chi connectivity index (χ3n) is 5.77. The van der Waals surface area contributed by atoms with E-state index in [0.717, 1.165) is 35.1 Å². The second-order valence-electron chi connectivity index (χ2n) is 8.25. The molecule has 0 fully saturated rings. The molecule has 4 N–H and O–H groups in total. The molecule has 0 saturated heterocycles. The highest BCUT2D eigenvalue weighted by Crippen LogP contribution is 2.23. The van der Waals surface area contributed by atoms with Gasteiger partial charge < -0.3 is 16.2 Å². The van der Waals surface area contributed by atoms with E-state index in [1.165, 1.54) is 11.1 Å². The average molecular weight is 417 g/mol. The van der Waals surface area contributed by atoms with E-state index >= 15 is 0 Å². The summed E-state index contributed by atoms with van der Waals surface area (Å²) in [7, 11) is 0. The number of aromatic hydroxyl groups is 1. The van der Waals surface area contributed by atoms with Crippen molar-refractivity contribution in [3.05, 3.63) is 100 Å². The second-order valence-corrected chi connectivity index (χ2v) is 8.25. The number of rotatable bonds is 8. The lowest BCUT2D eigenvalue weighted by Crippen LogP contribution is -2.43. The maximum absolute atomic E-state index is 12.9. The molecule has 4 heteroatoms. The normalized spacial score (nSPS) is 12.9. The lowest BCUT2D eigenvalue weighted by atomic mass is 9.95. The van der Waals surface area contributed by atoms with Crippen LogP contribution in [0.1, 0.15) is 52.8 Å². The molecular weight excluding hydrogens is 384 g/mol. The summed E-state index contributed by atoms with van der Waals surface area (Å²) < 4.78 is 0. The molecule has 0 bridgehead atoms. The van der Waals surface area contributed by atoms with E-state index in [2.05, 4.69) is 42.6 Å². The Hall–Kier alpha value is -3.11. The van der Waals surface area contributed by atoms with Crippen molar-refractivity contribution in [2.45, 2.75) is 52.1 Å². The van der Waals surface area contributed by atoms with E-state index in [4.69, 9.17) is 5.73 Å². The monoisotopic (exact) mass is 416 g/mol. The van der Waals surface area contributed by atoms with Crippen molar-refractivity contribution in [2.75, 3.05) is 0 Å². The van der Waals surface area contributed by atoms with Gasteiger partial charge in [0.05, 0.1) is 12.1 Å². The van der Waals surface area contributed by atoms with E-state index < -0.39 is 6.04 Å². The first-order valence-electron chi connectivity index (χ1n) is 10.8. The Kier molecular flexibility index (Phi) is 7.48. The maximum Gasteiger partial charge on any atom is 0.237 e. The minimum Gasteiger partial charge on any atom is -0.508 e. The summed E-state index contributed by atoms with van der Waals surface area (Å²) in [5.74, 6) is 0.0744. The topological polar surface area (TPSA) is 75.4 Å². The molecular formula is C27H32N2O2. The van der Waals surface area contributed by atoms with Crippen LogP contribution in [0, 0.1) is 13.8 Å². The summed E-state index contributed by atoms with van der Waals surface area (Å²) >= 11 is 0.